The summed E-state index contributed by atoms with van der Waals surface area (Å²) in [5, 5.41) is 21.5. The van der Waals surface area contributed by atoms with E-state index in [-0.39, 0.29) is 13.0 Å². The third kappa shape index (κ3) is 9.20. The van der Waals surface area contributed by atoms with Crippen LogP contribution >= 0.6 is 0 Å². The van der Waals surface area contributed by atoms with E-state index in [1.807, 2.05) is 0 Å². The molecule has 0 saturated heterocycles. The van der Waals surface area contributed by atoms with Crippen LogP contribution in [0.25, 0.3) is 0 Å². The standard InChI is InChI=1S/C21H35NO4/c1-4-5-6-7-8-11-26-19-10-9-16(2)20(17(3)12-19)15-22-14-18(23)13-21(24)25/h9,12,18,22-23H,4-8,10-11,13-15H2,1-3H3,(H,24,25). The van der Waals surface area contributed by atoms with Crippen LogP contribution in [-0.2, 0) is 9.53 Å². The SMILES string of the molecule is CCCCCCCOC1=CC(C)=C(CNCC(O)CC(=O)O)C(C)=CC1. The second-order valence-corrected chi connectivity index (χ2v) is 7.01. The van der Waals surface area contributed by atoms with E-state index in [1.54, 1.807) is 0 Å². The number of unbranched alkanes of at least 4 members (excludes halogenated alkanes) is 4. The number of rotatable bonds is 13. The number of aliphatic carboxylic acids is 1. The smallest absolute Gasteiger partial charge is 0.306 e. The van der Waals surface area contributed by atoms with Gasteiger partial charge in [0.15, 0.2) is 0 Å². The number of ether oxygens (including phenoxy) is 1. The average molecular weight is 366 g/mol. The Kier molecular flexibility index (Phi) is 11.0. The Balaban J connectivity index is 2.49. The number of nitrogens with one attached hydrogen (secondary N) is 1. The number of aliphatic hydroxyl groups excluding tert-OH is 1. The number of carbonyl (C=O) groups is 1. The van der Waals surface area contributed by atoms with E-state index in [9.17, 15) is 9.90 Å². The van der Waals surface area contributed by atoms with E-state index in [0.29, 0.717) is 6.54 Å². The molecule has 0 fully saturated rings. The van der Waals surface area contributed by atoms with Crippen molar-refractivity contribution < 1.29 is 19.7 Å². The van der Waals surface area contributed by atoms with Crippen molar-refractivity contribution in [1.29, 1.82) is 0 Å². The van der Waals surface area contributed by atoms with Crippen molar-refractivity contribution in [3.8, 4) is 0 Å². The summed E-state index contributed by atoms with van der Waals surface area (Å²) >= 11 is 0. The van der Waals surface area contributed by atoms with Gasteiger partial charge in [0, 0.05) is 19.5 Å². The summed E-state index contributed by atoms with van der Waals surface area (Å²) in [4.78, 5) is 10.6. The normalized spacial score (nSPS) is 16.0. The number of carboxylic acid groups (broad SMARTS) is 1. The lowest BCUT2D eigenvalue weighted by Crippen LogP contribution is -2.30. The fraction of sp³-hybridized carbons (Fsp3) is 0.667. The lowest BCUT2D eigenvalue weighted by molar-refractivity contribution is -0.139. The zero-order chi connectivity index (χ0) is 19.4. The number of aliphatic hydroxyl groups is 1. The fourth-order valence-electron chi connectivity index (χ4n) is 3.00. The van der Waals surface area contributed by atoms with Crippen LogP contribution in [0, 0.1) is 0 Å². The van der Waals surface area contributed by atoms with Crippen LogP contribution in [0.4, 0.5) is 0 Å². The topological polar surface area (TPSA) is 78.8 Å². The van der Waals surface area contributed by atoms with Crippen LogP contribution in [0.1, 0.15) is 65.7 Å². The molecular formula is C21H35NO4. The first-order valence-corrected chi connectivity index (χ1v) is 9.74. The summed E-state index contributed by atoms with van der Waals surface area (Å²) < 4.78 is 5.95. The minimum Gasteiger partial charge on any atom is -0.498 e. The molecule has 148 valence electrons. The van der Waals surface area contributed by atoms with E-state index in [1.165, 1.54) is 36.8 Å². The molecule has 26 heavy (non-hydrogen) atoms. The van der Waals surface area contributed by atoms with E-state index in [2.05, 4.69) is 38.2 Å². The van der Waals surface area contributed by atoms with Gasteiger partial charge in [-0.1, -0.05) is 38.7 Å². The van der Waals surface area contributed by atoms with Crippen LogP contribution in [0.15, 0.2) is 34.6 Å². The van der Waals surface area contributed by atoms with Crippen molar-refractivity contribution in [2.45, 2.75) is 71.8 Å². The highest BCUT2D eigenvalue weighted by molar-refractivity contribution is 5.67. The minimum absolute atomic E-state index is 0.240. The molecule has 0 aromatic heterocycles. The van der Waals surface area contributed by atoms with Crippen molar-refractivity contribution in [1.82, 2.24) is 5.32 Å². The first kappa shape index (κ1) is 22.5. The summed E-state index contributed by atoms with van der Waals surface area (Å²) in [6, 6.07) is 0. The number of hydrogen-bond donors (Lipinski definition) is 3. The van der Waals surface area contributed by atoms with Gasteiger partial charge in [-0.2, -0.15) is 0 Å². The maximum Gasteiger partial charge on any atom is 0.306 e. The second kappa shape index (κ2) is 12.7. The van der Waals surface area contributed by atoms with Crippen molar-refractivity contribution in [3.63, 3.8) is 0 Å². The lowest BCUT2D eigenvalue weighted by Gasteiger charge is -2.14. The number of carboxylic acids is 1. The van der Waals surface area contributed by atoms with Crippen LogP contribution in [0.3, 0.4) is 0 Å². The summed E-state index contributed by atoms with van der Waals surface area (Å²) in [5.41, 5.74) is 3.52. The maximum absolute atomic E-state index is 10.6. The van der Waals surface area contributed by atoms with E-state index in [0.717, 1.165) is 30.8 Å². The van der Waals surface area contributed by atoms with Gasteiger partial charge in [0.05, 0.1) is 24.9 Å². The largest absolute Gasteiger partial charge is 0.498 e. The molecule has 0 aromatic carbocycles. The molecule has 0 saturated carbocycles. The van der Waals surface area contributed by atoms with Crippen molar-refractivity contribution >= 4 is 5.97 Å². The molecule has 0 bridgehead atoms. The molecule has 1 aliphatic carbocycles. The Morgan fingerprint density at radius 2 is 2.00 bits per heavy atom. The van der Waals surface area contributed by atoms with Crippen LogP contribution in [0.2, 0.25) is 0 Å². The summed E-state index contributed by atoms with van der Waals surface area (Å²) in [6.07, 6.45) is 10.1. The van der Waals surface area contributed by atoms with Gasteiger partial charge in [0.25, 0.3) is 0 Å². The predicted molar refractivity (Wildman–Crippen MR) is 105 cm³/mol. The van der Waals surface area contributed by atoms with Crippen molar-refractivity contribution in [2.75, 3.05) is 19.7 Å². The predicted octanol–water partition coefficient (Wildman–Crippen LogP) is 3.95. The van der Waals surface area contributed by atoms with Gasteiger partial charge >= 0.3 is 5.97 Å². The Morgan fingerprint density at radius 1 is 1.27 bits per heavy atom. The minimum atomic E-state index is -0.986. The molecule has 3 N–H and O–H groups in total. The van der Waals surface area contributed by atoms with Crippen molar-refractivity contribution in [3.05, 3.63) is 34.6 Å². The van der Waals surface area contributed by atoms with Crippen LogP contribution in [0.5, 0.6) is 0 Å². The number of allylic oxidation sites excluding steroid dienone is 3. The second-order valence-electron chi connectivity index (χ2n) is 7.01. The Morgan fingerprint density at radius 3 is 2.69 bits per heavy atom. The van der Waals surface area contributed by atoms with Crippen molar-refractivity contribution in [2.24, 2.45) is 0 Å². The van der Waals surface area contributed by atoms with Gasteiger partial charge in [0.2, 0.25) is 0 Å². The highest BCUT2D eigenvalue weighted by Crippen LogP contribution is 2.23. The Labute approximate surface area is 157 Å². The van der Waals surface area contributed by atoms with E-state index in [4.69, 9.17) is 9.84 Å². The van der Waals surface area contributed by atoms with Gasteiger partial charge in [-0.05, 0) is 43.1 Å². The lowest BCUT2D eigenvalue weighted by atomic mass is 10.0. The van der Waals surface area contributed by atoms with Gasteiger partial charge in [-0.25, -0.2) is 0 Å². The molecule has 1 unspecified atom stereocenters. The number of hydrogen-bond acceptors (Lipinski definition) is 4. The van der Waals surface area contributed by atoms with Crippen LogP contribution in [-0.4, -0.2) is 42.0 Å². The van der Waals surface area contributed by atoms with E-state index < -0.39 is 12.1 Å². The first-order chi connectivity index (χ1) is 12.4. The summed E-state index contributed by atoms with van der Waals surface area (Å²) in [6.45, 7) is 8.00. The van der Waals surface area contributed by atoms with Gasteiger partial charge in [-0.15, -0.1) is 0 Å². The third-order valence-electron chi connectivity index (χ3n) is 4.57. The zero-order valence-electron chi connectivity index (χ0n) is 16.5. The van der Waals surface area contributed by atoms with E-state index >= 15 is 0 Å². The van der Waals surface area contributed by atoms with Gasteiger partial charge in [0.1, 0.15) is 0 Å². The molecule has 0 aliphatic heterocycles. The molecule has 0 radical (unpaired) electrons. The molecule has 5 heteroatoms. The molecule has 1 rings (SSSR count). The molecule has 0 spiro atoms. The molecule has 5 nitrogen and oxygen atoms in total. The Hall–Kier alpha value is -1.59. The average Bonchev–Trinajstić information content (AvgIpc) is 2.70. The first-order valence-electron chi connectivity index (χ1n) is 9.74. The zero-order valence-corrected chi connectivity index (χ0v) is 16.5. The molecule has 0 heterocycles. The van der Waals surface area contributed by atoms with Gasteiger partial charge < -0.3 is 20.3 Å². The monoisotopic (exact) mass is 365 g/mol. The molecule has 0 aromatic rings. The molecule has 1 aliphatic rings. The quantitative estimate of drug-likeness (QED) is 0.431. The highest BCUT2D eigenvalue weighted by atomic mass is 16.5. The molecular weight excluding hydrogens is 330 g/mol. The molecule has 1 atom stereocenters. The Bertz CT molecular complexity index is 534. The maximum atomic E-state index is 10.6. The third-order valence-corrected chi connectivity index (χ3v) is 4.57. The fourth-order valence-corrected chi connectivity index (χ4v) is 3.00. The molecule has 0 amide bonds. The van der Waals surface area contributed by atoms with Gasteiger partial charge in [-0.3, -0.25) is 4.79 Å². The highest BCUT2D eigenvalue weighted by Gasteiger charge is 2.12. The summed E-state index contributed by atoms with van der Waals surface area (Å²) in [5.74, 6) is 0.0120. The summed E-state index contributed by atoms with van der Waals surface area (Å²) in [7, 11) is 0. The van der Waals surface area contributed by atoms with Crippen LogP contribution < -0.4 is 5.32 Å².